The molecule has 19 heteroatoms. The summed E-state index contributed by atoms with van der Waals surface area (Å²) in [6.07, 6.45) is -0.659. The lowest BCUT2D eigenvalue weighted by atomic mass is 9.96. The van der Waals surface area contributed by atoms with Crippen LogP contribution in [0.1, 0.15) is 136 Å². The van der Waals surface area contributed by atoms with Gasteiger partial charge in [0.05, 0.1) is 38.6 Å². The lowest BCUT2D eigenvalue weighted by molar-refractivity contribution is -0.379. The largest absolute Gasteiger partial charge is 0.394 e. The maximum absolute atomic E-state index is 12.4. The number of aliphatic hydroxyl groups is 11. The van der Waals surface area contributed by atoms with Gasteiger partial charge in [-0.25, -0.2) is 0 Å². The van der Waals surface area contributed by atoms with E-state index in [1.54, 1.807) is 13.0 Å². The summed E-state index contributed by atoms with van der Waals surface area (Å²) >= 11 is 0. The van der Waals surface area contributed by atoms with E-state index in [4.69, 9.17) is 28.4 Å². The second-order valence-electron chi connectivity index (χ2n) is 17.5. The van der Waals surface area contributed by atoms with E-state index in [-0.39, 0.29) is 18.9 Å². The SMILES string of the molecule is CCCCCCCCCCCCCCCCCCC/C=C/C(O)C(COC1OC(CO)C(OC2OC(CO)C(OC3OC(CO)C(O)C(O)C3O)C(O)C2O)C(O)C1O)NC(=O)CC. The van der Waals surface area contributed by atoms with Crippen molar-refractivity contribution < 1.29 is 89.4 Å². The Morgan fingerprint density at radius 2 is 0.953 bits per heavy atom. The minimum atomic E-state index is -1.97. The summed E-state index contributed by atoms with van der Waals surface area (Å²) in [5.74, 6) is -0.365. The van der Waals surface area contributed by atoms with Gasteiger partial charge in [-0.15, -0.1) is 0 Å². The summed E-state index contributed by atoms with van der Waals surface area (Å²) in [7, 11) is 0. The summed E-state index contributed by atoms with van der Waals surface area (Å²) in [4.78, 5) is 12.4. The monoisotopic (exact) mass is 926 g/mol. The maximum Gasteiger partial charge on any atom is 0.220 e. The number of carbonyl (C=O) groups is 1. The topological polar surface area (TPSA) is 307 Å². The molecular formula is C45H83NO18. The summed E-state index contributed by atoms with van der Waals surface area (Å²) < 4.78 is 33.7. The zero-order chi connectivity index (χ0) is 47.0. The molecule has 19 nitrogen and oxygen atoms in total. The van der Waals surface area contributed by atoms with Crippen molar-refractivity contribution in [3.8, 4) is 0 Å². The summed E-state index contributed by atoms with van der Waals surface area (Å²) in [6, 6.07) is -0.963. The highest BCUT2D eigenvalue weighted by molar-refractivity contribution is 5.75. The summed E-state index contributed by atoms with van der Waals surface area (Å²) in [5, 5.41) is 118. The van der Waals surface area contributed by atoms with Crippen LogP contribution in [0, 0.1) is 0 Å². The molecule has 17 unspecified atom stereocenters. The number of hydrogen-bond acceptors (Lipinski definition) is 18. The molecule has 0 aliphatic carbocycles. The zero-order valence-corrected chi connectivity index (χ0v) is 38.0. The van der Waals surface area contributed by atoms with E-state index < -0.39 is 124 Å². The van der Waals surface area contributed by atoms with Crippen LogP contribution in [0.3, 0.4) is 0 Å². The third-order valence-electron chi connectivity index (χ3n) is 12.4. The quantitative estimate of drug-likeness (QED) is 0.0319. The average molecular weight is 926 g/mol. The van der Waals surface area contributed by atoms with Crippen molar-refractivity contribution in [2.45, 2.75) is 240 Å². The summed E-state index contributed by atoms with van der Waals surface area (Å²) in [5.41, 5.74) is 0. The van der Waals surface area contributed by atoms with Crippen LogP contribution in [0.25, 0.3) is 0 Å². The van der Waals surface area contributed by atoms with E-state index in [1.165, 1.54) is 89.9 Å². The molecule has 0 aromatic carbocycles. The predicted octanol–water partition coefficient (Wildman–Crippen LogP) is 0.305. The fourth-order valence-corrected chi connectivity index (χ4v) is 8.27. The van der Waals surface area contributed by atoms with Gasteiger partial charge in [-0.1, -0.05) is 129 Å². The number of rotatable bonds is 32. The fourth-order valence-electron chi connectivity index (χ4n) is 8.27. The van der Waals surface area contributed by atoms with E-state index in [0.29, 0.717) is 0 Å². The molecule has 3 rings (SSSR count). The number of hydrogen-bond donors (Lipinski definition) is 12. The van der Waals surface area contributed by atoms with Gasteiger partial charge in [-0.05, 0) is 12.8 Å². The van der Waals surface area contributed by atoms with Crippen molar-refractivity contribution in [3.05, 3.63) is 12.2 Å². The normalized spacial score (nSPS) is 34.5. The van der Waals surface area contributed by atoms with Gasteiger partial charge in [-0.2, -0.15) is 0 Å². The van der Waals surface area contributed by atoms with Crippen LogP contribution < -0.4 is 5.32 Å². The fraction of sp³-hybridized carbons (Fsp3) is 0.933. The van der Waals surface area contributed by atoms with E-state index in [2.05, 4.69) is 12.2 Å². The van der Waals surface area contributed by atoms with E-state index in [9.17, 15) is 61.0 Å². The maximum atomic E-state index is 12.4. The van der Waals surface area contributed by atoms with Gasteiger partial charge >= 0.3 is 0 Å². The van der Waals surface area contributed by atoms with Gasteiger partial charge in [0.1, 0.15) is 73.2 Å². The minimum Gasteiger partial charge on any atom is -0.394 e. The zero-order valence-electron chi connectivity index (χ0n) is 38.0. The molecule has 3 saturated heterocycles. The van der Waals surface area contributed by atoms with Gasteiger partial charge in [0.15, 0.2) is 18.9 Å². The highest BCUT2D eigenvalue weighted by Gasteiger charge is 2.53. The molecule has 64 heavy (non-hydrogen) atoms. The third-order valence-corrected chi connectivity index (χ3v) is 12.4. The molecule has 0 aromatic heterocycles. The first-order chi connectivity index (χ1) is 30.8. The number of carbonyl (C=O) groups excluding carboxylic acids is 1. The number of allylic oxidation sites excluding steroid dienone is 1. The molecular weight excluding hydrogens is 842 g/mol. The first-order valence-corrected chi connectivity index (χ1v) is 23.9. The van der Waals surface area contributed by atoms with Gasteiger partial charge in [-0.3, -0.25) is 4.79 Å². The number of amides is 1. The average Bonchev–Trinajstić information content (AvgIpc) is 3.29. The van der Waals surface area contributed by atoms with Gasteiger partial charge < -0.3 is 89.9 Å². The molecule has 3 heterocycles. The Morgan fingerprint density at radius 1 is 0.547 bits per heavy atom. The van der Waals surface area contributed by atoms with E-state index in [1.807, 2.05) is 6.08 Å². The van der Waals surface area contributed by atoms with Crippen molar-refractivity contribution in [2.24, 2.45) is 0 Å². The Balaban J connectivity index is 1.43. The standard InChI is InChI=1S/C45H83NO18/c1-3-5-6-7-8-9-10-11-12-13-14-15-16-17-18-19-20-21-22-23-29(50)28(46-33(51)4-2)27-59-43-39(57)36(54)41(31(25-48)61-43)64-45-40(58)37(55)42(32(26-49)62-45)63-44-38(56)35(53)34(52)30(24-47)60-44/h22-23,28-32,34-45,47-50,52-58H,3-21,24-27H2,1-2H3,(H,46,51)/b23-22+. The molecule has 0 spiro atoms. The number of aliphatic hydroxyl groups excluding tert-OH is 11. The molecule has 0 radical (unpaired) electrons. The lowest BCUT2D eigenvalue weighted by Crippen LogP contribution is -2.66. The molecule has 12 N–H and O–H groups in total. The Hall–Kier alpha value is -1.47. The van der Waals surface area contributed by atoms with Crippen molar-refractivity contribution in [2.75, 3.05) is 26.4 Å². The number of ether oxygens (including phenoxy) is 6. The van der Waals surface area contributed by atoms with Crippen LogP contribution in [0.15, 0.2) is 12.2 Å². The number of unbranched alkanes of at least 4 members (excludes halogenated alkanes) is 17. The second kappa shape index (κ2) is 31.6. The Labute approximate surface area is 378 Å². The molecule has 0 saturated carbocycles. The minimum absolute atomic E-state index is 0.126. The Bertz CT molecular complexity index is 1250. The van der Waals surface area contributed by atoms with Crippen LogP contribution in [-0.2, 0) is 33.2 Å². The Morgan fingerprint density at radius 3 is 1.41 bits per heavy atom. The molecule has 3 aliphatic rings. The predicted molar refractivity (Wildman–Crippen MR) is 231 cm³/mol. The van der Waals surface area contributed by atoms with Crippen molar-refractivity contribution in [3.63, 3.8) is 0 Å². The number of nitrogens with one attached hydrogen (secondary N) is 1. The van der Waals surface area contributed by atoms with Crippen LogP contribution >= 0.6 is 0 Å². The first-order valence-electron chi connectivity index (χ1n) is 23.9. The molecule has 376 valence electrons. The second-order valence-corrected chi connectivity index (χ2v) is 17.5. The van der Waals surface area contributed by atoms with Gasteiger partial charge in [0.2, 0.25) is 5.91 Å². The molecule has 3 fully saturated rings. The third kappa shape index (κ3) is 18.2. The van der Waals surface area contributed by atoms with Gasteiger partial charge in [0, 0.05) is 6.42 Å². The van der Waals surface area contributed by atoms with Crippen molar-refractivity contribution >= 4 is 5.91 Å². The smallest absolute Gasteiger partial charge is 0.220 e. The van der Waals surface area contributed by atoms with E-state index >= 15 is 0 Å². The Kier molecular flexibility index (Phi) is 28.0. The van der Waals surface area contributed by atoms with Crippen LogP contribution in [0.2, 0.25) is 0 Å². The van der Waals surface area contributed by atoms with E-state index in [0.717, 1.165) is 25.7 Å². The molecule has 0 aromatic rings. The van der Waals surface area contributed by atoms with Gasteiger partial charge in [0.25, 0.3) is 0 Å². The molecule has 17 atom stereocenters. The van der Waals surface area contributed by atoms with Crippen LogP contribution in [0.4, 0.5) is 0 Å². The summed E-state index contributed by atoms with van der Waals surface area (Å²) in [6.45, 7) is 1.12. The lowest BCUT2D eigenvalue weighted by Gasteiger charge is -2.48. The van der Waals surface area contributed by atoms with Crippen molar-refractivity contribution in [1.82, 2.24) is 5.32 Å². The molecule has 0 bridgehead atoms. The molecule has 1 amide bonds. The van der Waals surface area contributed by atoms with Crippen molar-refractivity contribution in [1.29, 1.82) is 0 Å². The highest BCUT2D eigenvalue weighted by atomic mass is 16.8. The first kappa shape index (κ1) is 56.9. The molecule has 3 aliphatic heterocycles. The van der Waals surface area contributed by atoms with Crippen LogP contribution in [-0.4, -0.2) is 193 Å². The highest BCUT2D eigenvalue weighted by Crippen LogP contribution is 2.33. The van der Waals surface area contributed by atoms with Crippen LogP contribution in [0.5, 0.6) is 0 Å².